The second kappa shape index (κ2) is 7.31. The summed E-state index contributed by atoms with van der Waals surface area (Å²) >= 11 is 17.8. The van der Waals surface area contributed by atoms with E-state index in [1.165, 1.54) is 12.1 Å². The van der Waals surface area contributed by atoms with Gasteiger partial charge >= 0.3 is 0 Å². The molecule has 0 spiro atoms. The standard InChI is InChI=1S/C16H16Cl3NO2S/c1-3-10-6-5-7-11(4-2)16(10)20-23(21,22)15-9-13(18)12(17)8-14(15)19/h5-9,20H,3-4H2,1-2H3. The molecule has 124 valence electrons. The van der Waals surface area contributed by atoms with Gasteiger partial charge in [0.05, 0.1) is 20.8 Å². The van der Waals surface area contributed by atoms with Crippen LogP contribution in [0, 0.1) is 0 Å². The fourth-order valence-electron chi connectivity index (χ4n) is 2.27. The van der Waals surface area contributed by atoms with Crippen molar-refractivity contribution < 1.29 is 8.42 Å². The lowest BCUT2D eigenvalue weighted by Gasteiger charge is -2.16. The molecule has 0 radical (unpaired) electrons. The van der Waals surface area contributed by atoms with Gasteiger partial charge < -0.3 is 0 Å². The SMILES string of the molecule is CCc1cccc(CC)c1NS(=O)(=O)c1cc(Cl)c(Cl)cc1Cl. The van der Waals surface area contributed by atoms with E-state index >= 15 is 0 Å². The second-order valence-corrected chi connectivity index (χ2v) is 7.83. The summed E-state index contributed by atoms with van der Waals surface area (Å²) in [4.78, 5) is -0.0958. The van der Waals surface area contributed by atoms with E-state index in [4.69, 9.17) is 34.8 Å². The minimum Gasteiger partial charge on any atom is -0.279 e. The molecule has 2 aromatic rings. The Bertz CT molecular complexity index is 813. The summed E-state index contributed by atoms with van der Waals surface area (Å²) in [7, 11) is -3.87. The Morgan fingerprint density at radius 1 is 0.913 bits per heavy atom. The van der Waals surface area contributed by atoms with Gasteiger partial charge in [0.25, 0.3) is 10.0 Å². The Labute approximate surface area is 151 Å². The number of benzene rings is 2. The van der Waals surface area contributed by atoms with Gasteiger partial charge in [-0.3, -0.25) is 4.72 Å². The fourth-order valence-corrected chi connectivity index (χ4v) is 4.42. The highest BCUT2D eigenvalue weighted by Gasteiger charge is 2.22. The van der Waals surface area contributed by atoms with Crippen molar-refractivity contribution in [3.05, 3.63) is 56.5 Å². The lowest BCUT2D eigenvalue weighted by atomic mass is 10.0. The number of sulfonamides is 1. The number of aryl methyl sites for hydroxylation is 2. The average molecular weight is 393 g/mol. The zero-order valence-corrected chi connectivity index (χ0v) is 15.7. The molecule has 1 N–H and O–H groups in total. The molecular formula is C16H16Cl3NO2S. The molecule has 0 saturated carbocycles. The Balaban J connectivity index is 2.54. The number of rotatable bonds is 5. The van der Waals surface area contributed by atoms with Gasteiger partial charge in [0, 0.05) is 0 Å². The van der Waals surface area contributed by atoms with E-state index in [1.54, 1.807) is 0 Å². The second-order valence-electron chi connectivity index (χ2n) is 4.96. The molecule has 7 heteroatoms. The van der Waals surface area contributed by atoms with Crippen molar-refractivity contribution in [2.45, 2.75) is 31.6 Å². The number of hydrogen-bond acceptors (Lipinski definition) is 2. The number of anilines is 1. The summed E-state index contributed by atoms with van der Waals surface area (Å²) in [6.07, 6.45) is 1.42. The summed E-state index contributed by atoms with van der Waals surface area (Å²) in [5.74, 6) is 0. The molecule has 3 nitrogen and oxygen atoms in total. The molecule has 0 aliphatic rings. The zero-order chi connectivity index (χ0) is 17.2. The van der Waals surface area contributed by atoms with E-state index in [-0.39, 0.29) is 20.0 Å². The molecule has 0 aromatic heterocycles. The smallest absolute Gasteiger partial charge is 0.263 e. The van der Waals surface area contributed by atoms with Crippen LogP contribution in [-0.2, 0) is 22.9 Å². The highest BCUT2D eigenvalue weighted by atomic mass is 35.5. The van der Waals surface area contributed by atoms with Crippen LogP contribution < -0.4 is 4.72 Å². The highest BCUT2D eigenvalue weighted by Crippen LogP contribution is 2.33. The van der Waals surface area contributed by atoms with Crippen LogP contribution in [0.15, 0.2) is 35.2 Å². The number of para-hydroxylation sites is 1. The Kier molecular flexibility index (Phi) is 5.84. The van der Waals surface area contributed by atoms with Gasteiger partial charge in [-0.25, -0.2) is 8.42 Å². The van der Waals surface area contributed by atoms with Crippen LogP contribution in [-0.4, -0.2) is 8.42 Å². The molecule has 0 heterocycles. The molecule has 0 bridgehead atoms. The first-order valence-electron chi connectivity index (χ1n) is 7.08. The largest absolute Gasteiger partial charge is 0.279 e. The number of halogens is 3. The normalized spacial score (nSPS) is 11.5. The van der Waals surface area contributed by atoms with Gasteiger partial charge in [-0.1, -0.05) is 66.8 Å². The fraction of sp³-hybridized carbons (Fsp3) is 0.250. The minimum atomic E-state index is -3.87. The van der Waals surface area contributed by atoms with Crippen molar-refractivity contribution in [2.24, 2.45) is 0 Å². The molecule has 23 heavy (non-hydrogen) atoms. The third kappa shape index (κ3) is 3.94. The molecule has 0 aliphatic heterocycles. The van der Waals surface area contributed by atoms with E-state index in [2.05, 4.69) is 4.72 Å². The van der Waals surface area contributed by atoms with Gasteiger partial charge in [0.15, 0.2) is 0 Å². The van der Waals surface area contributed by atoms with Crippen molar-refractivity contribution in [2.75, 3.05) is 4.72 Å². The zero-order valence-electron chi connectivity index (χ0n) is 12.7. The quantitative estimate of drug-likeness (QED) is 0.676. The van der Waals surface area contributed by atoms with Gasteiger partial charge in [0.1, 0.15) is 4.90 Å². The summed E-state index contributed by atoms with van der Waals surface area (Å²) in [6, 6.07) is 8.30. The molecule has 0 saturated heterocycles. The molecule has 0 amide bonds. The van der Waals surface area contributed by atoms with Crippen LogP contribution in [0.2, 0.25) is 15.1 Å². The maximum absolute atomic E-state index is 12.7. The van der Waals surface area contributed by atoms with Crippen molar-refractivity contribution in [3.63, 3.8) is 0 Å². The number of hydrogen-bond donors (Lipinski definition) is 1. The van der Waals surface area contributed by atoms with Gasteiger partial charge in [-0.15, -0.1) is 0 Å². The topological polar surface area (TPSA) is 46.2 Å². The molecule has 2 aromatic carbocycles. The van der Waals surface area contributed by atoms with E-state index < -0.39 is 10.0 Å². The monoisotopic (exact) mass is 391 g/mol. The van der Waals surface area contributed by atoms with Crippen molar-refractivity contribution in [1.29, 1.82) is 0 Å². The van der Waals surface area contributed by atoms with E-state index in [9.17, 15) is 8.42 Å². The molecular weight excluding hydrogens is 377 g/mol. The highest BCUT2D eigenvalue weighted by molar-refractivity contribution is 7.92. The van der Waals surface area contributed by atoms with Crippen LogP contribution in [0.1, 0.15) is 25.0 Å². The lowest BCUT2D eigenvalue weighted by Crippen LogP contribution is -2.16. The van der Waals surface area contributed by atoms with E-state index in [1.807, 2.05) is 32.0 Å². The van der Waals surface area contributed by atoms with E-state index in [0.717, 1.165) is 11.1 Å². The van der Waals surface area contributed by atoms with Crippen LogP contribution in [0.4, 0.5) is 5.69 Å². The average Bonchev–Trinajstić information content (AvgIpc) is 2.50. The summed E-state index contributed by atoms with van der Waals surface area (Å²) < 4.78 is 28.1. The first kappa shape index (κ1) is 18.4. The van der Waals surface area contributed by atoms with Gasteiger partial charge in [-0.05, 0) is 36.1 Å². The molecule has 2 rings (SSSR count). The molecule has 0 fully saturated rings. The van der Waals surface area contributed by atoms with Crippen LogP contribution in [0.3, 0.4) is 0 Å². The van der Waals surface area contributed by atoms with Crippen molar-refractivity contribution >= 4 is 50.5 Å². The van der Waals surface area contributed by atoms with Crippen molar-refractivity contribution in [3.8, 4) is 0 Å². The minimum absolute atomic E-state index is 0.0268. The van der Waals surface area contributed by atoms with Crippen LogP contribution in [0.25, 0.3) is 0 Å². The summed E-state index contributed by atoms with van der Waals surface area (Å²) in [6.45, 7) is 3.94. The summed E-state index contributed by atoms with van der Waals surface area (Å²) in [5.41, 5.74) is 2.44. The van der Waals surface area contributed by atoms with E-state index in [0.29, 0.717) is 18.5 Å². The Morgan fingerprint density at radius 3 is 1.96 bits per heavy atom. The maximum Gasteiger partial charge on any atom is 0.263 e. The predicted octanol–water partition coefficient (Wildman–Crippen LogP) is 5.57. The summed E-state index contributed by atoms with van der Waals surface area (Å²) in [5, 5.41) is 0.369. The third-order valence-electron chi connectivity index (χ3n) is 3.50. The first-order chi connectivity index (χ1) is 10.8. The molecule has 0 atom stereocenters. The third-order valence-corrected chi connectivity index (χ3v) is 6.04. The predicted molar refractivity (Wildman–Crippen MR) is 97.5 cm³/mol. The molecule has 0 aliphatic carbocycles. The number of nitrogens with one attached hydrogen (secondary N) is 1. The Morgan fingerprint density at radius 2 is 1.43 bits per heavy atom. The Hall–Kier alpha value is -0.940. The van der Waals surface area contributed by atoms with Gasteiger partial charge in [0.2, 0.25) is 0 Å². The lowest BCUT2D eigenvalue weighted by molar-refractivity contribution is 0.601. The first-order valence-corrected chi connectivity index (χ1v) is 9.70. The molecule has 0 unspecified atom stereocenters. The maximum atomic E-state index is 12.7. The van der Waals surface area contributed by atoms with Gasteiger partial charge in [-0.2, -0.15) is 0 Å². The van der Waals surface area contributed by atoms with Crippen LogP contribution in [0.5, 0.6) is 0 Å². The van der Waals surface area contributed by atoms with Crippen LogP contribution >= 0.6 is 34.8 Å². The van der Waals surface area contributed by atoms with Crippen molar-refractivity contribution in [1.82, 2.24) is 0 Å².